The second-order valence-corrected chi connectivity index (χ2v) is 26.1. The van der Waals surface area contributed by atoms with Crippen molar-refractivity contribution < 1.29 is 23.1 Å². The molecule has 0 spiro atoms. The molecule has 0 bridgehead atoms. The molecule has 0 N–H and O–H groups in total. The van der Waals surface area contributed by atoms with Crippen LogP contribution in [0.25, 0.3) is 0 Å². The van der Waals surface area contributed by atoms with Crippen molar-refractivity contribution in [1.29, 1.82) is 0 Å². The lowest BCUT2D eigenvalue weighted by molar-refractivity contribution is -0.140. The Hall–Kier alpha value is -0.259. The number of esters is 1. The maximum absolute atomic E-state index is 11.4. The molecule has 0 heterocycles. The number of hydrogen-bond donors (Lipinski definition) is 0. The van der Waals surface area contributed by atoms with E-state index in [-0.39, 0.29) is 23.0 Å². The molecule has 35 heavy (non-hydrogen) atoms. The molecule has 8 heteroatoms. The Morgan fingerprint density at radius 1 is 0.800 bits per heavy atom. The molecule has 208 valence electrons. The highest BCUT2D eigenvalue weighted by Gasteiger charge is 2.53. The van der Waals surface area contributed by atoms with Crippen molar-refractivity contribution in [3.05, 3.63) is 12.2 Å². The summed E-state index contributed by atoms with van der Waals surface area (Å²) >= 11 is 0. The molecule has 2 atom stereocenters. The quantitative estimate of drug-likeness (QED) is 0.0713. The van der Waals surface area contributed by atoms with Gasteiger partial charge in [0.05, 0.1) is 19.9 Å². The van der Waals surface area contributed by atoms with Gasteiger partial charge in [-0.3, -0.25) is 0 Å². The lowest BCUT2D eigenvalue weighted by Gasteiger charge is -2.53. The van der Waals surface area contributed by atoms with Crippen LogP contribution in [0.4, 0.5) is 0 Å². The molecule has 0 aliphatic heterocycles. The number of ether oxygens (including phenoxy) is 2. The lowest BCUT2D eigenvalue weighted by Crippen LogP contribution is -2.66. The summed E-state index contributed by atoms with van der Waals surface area (Å²) in [6.45, 7) is 32.5. The first-order valence-corrected chi connectivity index (χ1v) is 23.0. The Bertz CT molecular complexity index is 665. The van der Waals surface area contributed by atoms with E-state index in [2.05, 4.69) is 80.5 Å². The molecular weight excluding hydrogens is 489 g/mol. The molecule has 0 amide bonds. The van der Waals surface area contributed by atoms with Crippen LogP contribution < -0.4 is 0 Å². The van der Waals surface area contributed by atoms with Crippen LogP contribution in [-0.4, -0.2) is 60.9 Å². The van der Waals surface area contributed by atoms with E-state index in [1.807, 2.05) is 0 Å². The monoisotopic (exact) mass is 546 g/mol. The van der Waals surface area contributed by atoms with Crippen LogP contribution in [0.3, 0.4) is 0 Å². The summed E-state index contributed by atoms with van der Waals surface area (Å²) < 4.78 is 25.2. The van der Waals surface area contributed by atoms with Gasteiger partial charge >= 0.3 is 5.97 Å². The van der Waals surface area contributed by atoms with Crippen molar-refractivity contribution in [3.8, 4) is 0 Å². The highest BCUT2D eigenvalue weighted by molar-refractivity contribution is 6.82. The molecule has 0 aliphatic carbocycles. The predicted octanol–water partition coefficient (Wildman–Crippen LogP) is 7.88. The predicted molar refractivity (Wildman–Crippen MR) is 158 cm³/mol. The van der Waals surface area contributed by atoms with Crippen molar-refractivity contribution in [2.75, 3.05) is 19.8 Å². The Balaban J connectivity index is 5.15. The molecule has 0 rings (SSSR count). The fourth-order valence-corrected chi connectivity index (χ4v) is 15.7. The Labute approximate surface area is 221 Å². The van der Waals surface area contributed by atoms with Crippen LogP contribution in [0.2, 0.25) is 51.4 Å². The minimum absolute atomic E-state index is 0.116. The summed E-state index contributed by atoms with van der Waals surface area (Å²) in [6, 6.07) is 2.34. The van der Waals surface area contributed by atoms with E-state index in [9.17, 15) is 4.79 Å². The SMILES string of the molecule is C=C(C)C(=O)OCCOCCC[Si](C)(C)C(C)(CC)O[Si](C)(C)C(C)(CC)O[Si](C)(C)CCCC. The largest absolute Gasteiger partial charge is 0.460 e. The van der Waals surface area contributed by atoms with Crippen molar-refractivity contribution in [2.45, 2.75) is 135 Å². The molecule has 0 aromatic rings. The van der Waals surface area contributed by atoms with Crippen LogP contribution in [0, 0.1) is 0 Å². The van der Waals surface area contributed by atoms with Crippen molar-refractivity contribution in [2.24, 2.45) is 0 Å². The smallest absolute Gasteiger partial charge is 0.333 e. The first-order valence-electron chi connectivity index (χ1n) is 13.7. The summed E-state index contributed by atoms with van der Waals surface area (Å²) in [5.74, 6) is -0.357. The number of carbonyl (C=O) groups is 1. The third kappa shape index (κ3) is 10.9. The van der Waals surface area contributed by atoms with E-state index in [1.54, 1.807) is 6.92 Å². The van der Waals surface area contributed by atoms with E-state index in [0.29, 0.717) is 18.8 Å². The maximum atomic E-state index is 11.4. The van der Waals surface area contributed by atoms with Crippen LogP contribution >= 0.6 is 0 Å². The Morgan fingerprint density at radius 3 is 1.86 bits per heavy atom. The minimum Gasteiger partial charge on any atom is -0.460 e. The zero-order valence-electron chi connectivity index (χ0n) is 25.3. The molecule has 2 unspecified atom stereocenters. The molecule has 0 fully saturated rings. The standard InChI is InChI=1S/C27H58O5Si3/c1-14-17-23-34(10,11)31-27(7,16-3)35(12,13)32-26(6,15-2)33(8,9)22-18-19-29-20-21-30-25(28)24(4)5/h4,14-23H2,1-3,5-13H3. The van der Waals surface area contributed by atoms with E-state index in [1.165, 1.54) is 18.9 Å². The van der Waals surface area contributed by atoms with E-state index < -0.39 is 24.7 Å². The lowest BCUT2D eigenvalue weighted by atomic mass is 10.3. The second-order valence-electron chi connectivity index (χ2n) is 12.3. The molecule has 0 aromatic heterocycles. The summed E-state index contributed by atoms with van der Waals surface area (Å²) in [7, 11) is -5.70. The van der Waals surface area contributed by atoms with Crippen LogP contribution in [0.1, 0.15) is 73.6 Å². The Kier molecular flexibility index (Phi) is 14.5. The van der Waals surface area contributed by atoms with Gasteiger partial charge in [-0.15, -0.1) is 0 Å². The van der Waals surface area contributed by atoms with Gasteiger partial charge in [-0.1, -0.05) is 59.3 Å². The maximum Gasteiger partial charge on any atom is 0.333 e. The number of hydrogen-bond acceptors (Lipinski definition) is 5. The zero-order valence-corrected chi connectivity index (χ0v) is 28.3. The third-order valence-corrected chi connectivity index (χ3v) is 19.9. The summed E-state index contributed by atoms with van der Waals surface area (Å²) in [5.41, 5.74) is 0.416. The fourth-order valence-electron chi connectivity index (χ4n) is 4.54. The van der Waals surface area contributed by atoms with Gasteiger partial charge in [0.1, 0.15) is 6.61 Å². The highest BCUT2D eigenvalue weighted by atomic mass is 28.4. The van der Waals surface area contributed by atoms with Gasteiger partial charge in [-0.05, 0) is 72.3 Å². The first kappa shape index (κ1) is 34.7. The van der Waals surface area contributed by atoms with Crippen LogP contribution in [0.5, 0.6) is 0 Å². The third-order valence-electron chi connectivity index (χ3n) is 8.07. The topological polar surface area (TPSA) is 54.0 Å². The van der Waals surface area contributed by atoms with Gasteiger partial charge in [0, 0.05) is 17.4 Å². The average molecular weight is 547 g/mol. The molecule has 0 saturated heterocycles. The van der Waals surface area contributed by atoms with E-state index in [0.717, 1.165) is 25.3 Å². The number of carbonyl (C=O) groups excluding carboxylic acids is 1. The number of unbranched alkanes of at least 4 members (excludes halogenated alkanes) is 1. The normalized spacial score (nSPS) is 16.5. The molecule has 0 saturated carbocycles. The molecule has 5 nitrogen and oxygen atoms in total. The van der Waals surface area contributed by atoms with Gasteiger partial charge in [0.25, 0.3) is 0 Å². The molecule has 0 aromatic carbocycles. The Morgan fingerprint density at radius 2 is 1.37 bits per heavy atom. The fraction of sp³-hybridized carbons (Fsp3) is 0.889. The summed E-state index contributed by atoms with van der Waals surface area (Å²) in [6.07, 6.45) is 5.45. The second kappa shape index (κ2) is 14.6. The average Bonchev–Trinajstić information content (AvgIpc) is 2.75. The summed E-state index contributed by atoms with van der Waals surface area (Å²) in [5, 5.41) is -0.309. The molecular formula is C27H58O5Si3. The van der Waals surface area contributed by atoms with E-state index in [4.69, 9.17) is 18.3 Å². The summed E-state index contributed by atoms with van der Waals surface area (Å²) in [4.78, 5) is 11.4. The van der Waals surface area contributed by atoms with Gasteiger partial charge < -0.3 is 18.3 Å². The van der Waals surface area contributed by atoms with Gasteiger partial charge in [0.2, 0.25) is 8.32 Å². The van der Waals surface area contributed by atoms with Gasteiger partial charge in [-0.25, -0.2) is 4.79 Å². The van der Waals surface area contributed by atoms with Gasteiger partial charge in [-0.2, -0.15) is 0 Å². The van der Waals surface area contributed by atoms with Crippen LogP contribution in [0.15, 0.2) is 12.2 Å². The highest BCUT2D eigenvalue weighted by Crippen LogP contribution is 2.41. The molecule has 0 radical (unpaired) electrons. The van der Waals surface area contributed by atoms with Crippen LogP contribution in [-0.2, 0) is 23.1 Å². The molecule has 0 aliphatic rings. The van der Waals surface area contributed by atoms with Crippen molar-refractivity contribution in [1.82, 2.24) is 0 Å². The number of rotatable bonds is 19. The first-order chi connectivity index (χ1) is 15.9. The van der Waals surface area contributed by atoms with E-state index >= 15 is 0 Å². The van der Waals surface area contributed by atoms with Crippen molar-refractivity contribution >= 4 is 30.7 Å². The van der Waals surface area contributed by atoms with Crippen molar-refractivity contribution in [3.63, 3.8) is 0 Å². The van der Waals surface area contributed by atoms with Gasteiger partial charge in [0.15, 0.2) is 8.32 Å². The minimum atomic E-state index is -2.20. The zero-order chi connectivity index (χ0) is 27.6.